The standard InChI is InChI=1S/C21H19N3O2/c1-14-6-3-4-9-19(14)23-18-10-11-22-20(13-18)21(26)24-17-8-5-7-16(12-17)15(2)25/h3-13H,1-2H3,(H,22,23)(H,24,26). The van der Waals surface area contributed by atoms with E-state index in [0.29, 0.717) is 11.3 Å². The third-order valence-corrected chi connectivity index (χ3v) is 3.94. The fourth-order valence-electron chi connectivity index (χ4n) is 2.51. The first-order chi connectivity index (χ1) is 12.5. The van der Waals surface area contributed by atoms with Crippen LogP contribution in [0.25, 0.3) is 0 Å². The van der Waals surface area contributed by atoms with Gasteiger partial charge in [0.2, 0.25) is 0 Å². The van der Waals surface area contributed by atoms with Gasteiger partial charge in [-0.05, 0) is 49.7 Å². The van der Waals surface area contributed by atoms with Crippen LogP contribution in [0, 0.1) is 6.92 Å². The van der Waals surface area contributed by atoms with Crippen LogP contribution in [0.15, 0.2) is 66.9 Å². The third kappa shape index (κ3) is 4.13. The van der Waals surface area contributed by atoms with E-state index in [4.69, 9.17) is 0 Å². The zero-order valence-corrected chi connectivity index (χ0v) is 14.6. The Bertz CT molecular complexity index is 967. The van der Waals surface area contributed by atoms with Crippen molar-refractivity contribution >= 4 is 28.8 Å². The molecule has 1 amide bonds. The van der Waals surface area contributed by atoms with Gasteiger partial charge in [0, 0.05) is 28.8 Å². The quantitative estimate of drug-likeness (QED) is 0.664. The number of ketones is 1. The predicted octanol–water partition coefficient (Wildman–Crippen LogP) is 4.59. The molecule has 2 N–H and O–H groups in total. The SMILES string of the molecule is CC(=O)c1cccc(NC(=O)c2cc(Nc3ccccc3C)ccn2)c1. The second kappa shape index (κ2) is 7.61. The lowest BCUT2D eigenvalue weighted by Crippen LogP contribution is -2.14. The van der Waals surface area contributed by atoms with Crippen molar-refractivity contribution in [1.29, 1.82) is 0 Å². The molecule has 130 valence electrons. The molecular formula is C21H19N3O2. The molecule has 0 atom stereocenters. The van der Waals surface area contributed by atoms with Gasteiger partial charge in [-0.1, -0.05) is 30.3 Å². The number of rotatable bonds is 5. The molecule has 5 heteroatoms. The molecule has 2 aromatic carbocycles. The highest BCUT2D eigenvalue weighted by atomic mass is 16.2. The maximum atomic E-state index is 12.5. The Hall–Kier alpha value is -3.47. The number of anilines is 3. The van der Waals surface area contributed by atoms with Crippen LogP contribution in [0.3, 0.4) is 0 Å². The first kappa shape index (κ1) is 17.4. The first-order valence-corrected chi connectivity index (χ1v) is 8.24. The van der Waals surface area contributed by atoms with Crippen molar-refractivity contribution in [3.05, 3.63) is 83.7 Å². The molecule has 0 unspecified atom stereocenters. The Morgan fingerprint density at radius 2 is 1.73 bits per heavy atom. The second-order valence-electron chi connectivity index (χ2n) is 5.96. The molecule has 0 bridgehead atoms. The lowest BCUT2D eigenvalue weighted by Gasteiger charge is -2.10. The van der Waals surface area contributed by atoms with E-state index in [2.05, 4.69) is 15.6 Å². The highest BCUT2D eigenvalue weighted by molar-refractivity contribution is 6.04. The average molecular weight is 345 g/mol. The van der Waals surface area contributed by atoms with Gasteiger partial charge in [0.1, 0.15) is 5.69 Å². The van der Waals surface area contributed by atoms with E-state index in [1.54, 1.807) is 42.6 Å². The van der Waals surface area contributed by atoms with E-state index in [-0.39, 0.29) is 17.4 Å². The van der Waals surface area contributed by atoms with Crippen LogP contribution < -0.4 is 10.6 Å². The molecule has 0 saturated carbocycles. The Kier molecular flexibility index (Phi) is 5.08. The molecule has 0 saturated heterocycles. The zero-order valence-electron chi connectivity index (χ0n) is 14.6. The van der Waals surface area contributed by atoms with Crippen molar-refractivity contribution in [3.63, 3.8) is 0 Å². The molecule has 0 aliphatic rings. The van der Waals surface area contributed by atoms with Gasteiger partial charge in [-0.3, -0.25) is 14.6 Å². The summed E-state index contributed by atoms with van der Waals surface area (Å²) >= 11 is 0. The molecule has 0 fully saturated rings. The molecule has 1 aromatic heterocycles. The molecule has 26 heavy (non-hydrogen) atoms. The fourth-order valence-corrected chi connectivity index (χ4v) is 2.51. The van der Waals surface area contributed by atoms with Crippen molar-refractivity contribution in [3.8, 4) is 0 Å². The summed E-state index contributed by atoms with van der Waals surface area (Å²) in [6.45, 7) is 3.50. The highest BCUT2D eigenvalue weighted by Gasteiger charge is 2.10. The van der Waals surface area contributed by atoms with Gasteiger partial charge >= 0.3 is 0 Å². The van der Waals surface area contributed by atoms with Gasteiger partial charge in [0.15, 0.2) is 5.78 Å². The second-order valence-corrected chi connectivity index (χ2v) is 5.96. The number of nitrogens with zero attached hydrogens (tertiary/aromatic N) is 1. The smallest absolute Gasteiger partial charge is 0.274 e. The Balaban J connectivity index is 1.77. The Morgan fingerprint density at radius 3 is 2.50 bits per heavy atom. The van der Waals surface area contributed by atoms with Crippen molar-refractivity contribution in [2.45, 2.75) is 13.8 Å². The van der Waals surface area contributed by atoms with E-state index in [1.165, 1.54) is 6.92 Å². The van der Waals surface area contributed by atoms with Gasteiger partial charge in [-0.2, -0.15) is 0 Å². The summed E-state index contributed by atoms with van der Waals surface area (Å²) in [5, 5.41) is 6.07. The molecule has 0 radical (unpaired) electrons. The minimum Gasteiger partial charge on any atom is -0.355 e. The van der Waals surface area contributed by atoms with Gasteiger partial charge < -0.3 is 10.6 Å². The van der Waals surface area contributed by atoms with E-state index < -0.39 is 0 Å². The molecule has 0 aliphatic carbocycles. The summed E-state index contributed by atoms with van der Waals surface area (Å²) in [6.07, 6.45) is 1.58. The van der Waals surface area contributed by atoms with Crippen molar-refractivity contribution in [2.24, 2.45) is 0 Å². The molecule has 0 spiro atoms. The number of hydrogen-bond acceptors (Lipinski definition) is 4. The number of aryl methyl sites for hydroxylation is 1. The van der Waals surface area contributed by atoms with Crippen molar-refractivity contribution < 1.29 is 9.59 Å². The number of benzene rings is 2. The summed E-state index contributed by atoms with van der Waals surface area (Å²) in [4.78, 5) is 28.1. The van der Waals surface area contributed by atoms with Crippen LogP contribution in [0.5, 0.6) is 0 Å². The van der Waals surface area contributed by atoms with Crippen LogP contribution in [-0.2, 0) is 0 Å². The monoisotopic (exact) mass is 345 g/mol. The number of Topliss-reactive ketones (excluding diaryl/α,β-unsaturated/α-hetero) is 1. The van der Waals surface area contributed by atoms with E-state index in [1.807, 2.05) is 31.2 Å². The topological polar surface area (TPSA) is 71.1 Å². The van der Waals surface area contributed by atoms with Crippen LogP contribution in [-0.4, -0.2) is 16.7 Å². The Labute approximate surface area is 152 Å². The Morgan fingerprint density at radius 1 is 0.923 bits per heavy atom. The number of carbonyl (C=O) groups is 2. The average Bonchev–Trinajstić information content (AvgIpc) is 2.64. The van der Waals surface area contributed by atoms with Crippen LogP contribution >= 0.6 is 0 Å². The maximum absolute atomic E-state index is 12.5. The summed E-state index contributed by atoms with van der Waals surface area (Å²) in [5.74, 6) is -0.386. The molecule has 3 aromatic rings. The van der Waals surface area contributed by atoms with Crippen molar-refractivity contribution in [2.75, 3.05) is 10.6 Å². The lowest BCUT2D eigenvalue weighted by atomic mass is 10.1. The molecular weight excluding hydrogens is 326 g/mol. The van der Waals surface area contributed by atoms with Gasteiger partial charge in [-0.25, -0.2) is 0 Å². The minimum atomic E-state index is -0.334. The van der Waals surface area contributed by atoms with E-state index in [9.17, 15) is 9.59 Å². The number of hydrogen-bond donors (Lipinski definition) is 2. The largest absolute Gasteiger partial charge is 0.355 e. The summed E-state index contributed by atoms with van der Waals surface area (Å²) in [5.41, 5.74) is 4.25. The summed E-state index contributed by atoms with van der Waals surface area (Å²) in [6, 6.07) is 18.2. The van der Waals surface area contributed by atoms with Crippen LogP contribution in [0.2, 0.25) is 0 Å². The number of pyridine rings is 1. The minimum absolute atomic E-state index is 0.0522. The van der Waals surface area contributed by atoms with Gasteiger partial charge in [-0.15, -0.1) is 0 Å². The number of nitrogens with one attached hydrogen (secondary N) is 2. The molecule has 5 nitrogen and oxygen atoms in total. The van der Waals surface area contributed by atoms with E-state index in [0.717, 1.165) is 16.9 Å². The number of carbonyl (C=O) groups excluding carboxylic acids is 2. The van der Waals surface area contributed by atoms with Crippen LogP contribution in [0.4, 0.5) is 17.1 Å². The molecule has 0 aliphatic heterocycles. The van der Waals surface area contributed by atoms with Gasteiger partial charge in [0.25, 0.3) is 5.91 Å². The van der Waals surface area contributed by atoms with Crippen LogP contribution in [0.1, 0.15) is 33.3 Å². The summed E-state index contributed by atoms with van der Waals surface area (Å²) in [7, 11) is 0. The highest BCUT2D eigenvalue weighted by Crippen LogP contribution is 2.20. The molecule has 3 rings (SSSR count). The van der Waals surface area contributed by atoms with E-state index >= 15 is 0 Å². The normalized spacial score (nSPS) is 10.2. The first-order valence-electron chi connectivity index (χ1n) is 8.24. The number of para-hydroxylation sites is 1. The third-order valence-electron chi connectivity index (χ3n) is 3.94. The van der Waals surface area contributed by atoms with Crippen molar-refractivity contribution in [1.82, 2.24) is 4.98 Å². The summed E-state index contributed by atoms with van der Waals surface area (Å²) < 4.78 is 0. The predicted molar refractivity (Wildman–Crippen MR) is 103 cm³/mol. The fraction of sp³-hybridized carbons (Fsp3) is 0.0952. The molecule has 1 heterocycles. The van der Waals surface area contributed by atoms with Gasteiger partial charge in [0.05, 0.1) is 0 Å². The maximum Gasteiger partial charge on any atom is 0.274 e. The zero-order chi connectivity index (χ0) is 18.5. The lowest BCUT2D eigenvalue weighted by molar-refractivity contribution is 0.100. The number of amides is 1. The number of aromatic nitrogens is 1.